The largest absolute Gasteiger partial charge is 0.489 e. The van der Waals surface area contributed by atoms with Crippen LogP contribution < -0.4 is 15.4 Å². The second kappa shape index (κ2) is 11.4. The maximum Gasteiger partial charge on any atom is 0.191 e. The topological polar surface area (TPSA) is 79.8 Å². The number of guanidine groups is 1. The van der Waals surface area contributed by atoms with Crippen LogP contribution in [0.5, 0.6) is 5.75 Å². The highest BCUT2D eigenvalue weighted by Gasteiger charge is 2.28. The van der Waals surface area contributed by atoms with Gasteiger partial charge in [0, 0.05) is 12.6 Å². The Kier molecular flexibility index (Phi) is 9.22. The lowest BCUT2D eigenvalue weighted by Gasteiger charge is -2.15. The SMILES string of the molecule is CCNC(=NCc1ccc(OCc2ccccc2)cc1)NC1CCS(=O)(=O)C1.I. The fourth-order valence-electron chi connectivity index (χ4n) is 3.02. The molecule has 0 bridgehead atoms. The van der Waals surface area contributed by atoms with Gasteiger partial charge in [0.1, 0.15) is 12.4 Å². The lowest BCUT2D eigenvalue weighted by Crippen LogP contribution is -2.44. The van der Waals surface area contributed by atoms with E-state index in [4.69, 9.17) is 4.74 Å². The Morgan fingerprint density at radius 2 is 1.83 bits per heavy atom. The first-order valence-corrected chi connectivity index (χ1v) is 11.4. The average Bonchev–Trinajstić information content (AvgIpc) is 3.04. The number of hydrogen-bond donors (Lipinski definition) is 2. The smallest absolute Gasteiger partial charge is 0.191 e. The Labute approximate surface area is 190 Å². The van der Waals surface area contributed by atoms with Crippen LogP contribution in [0.1, 0.15) is 24.5 Å². The maximum absolute atomic E-state index is 11.6. The highest BCUT2D eigenvalue weighted by Crippen LogP contribution is 2.15. The van der Waals surface area contributed by atoms with E-state index >= 15 is 0 Å². The zero-order valence-electron chi connectivity index (χ0n) is 16.5. The minimum Gasteiger partial charge on any atom is -0.489 e. The van der Waals surface area contributed by atoms with Crippen LogP contribution in [0.4, 0.5) is 0 Å². The van der Waals surface area contributed by atoms with Gasteiger partial charge >= 0.3 is 0 Å². The van der Waals surface area contributed by atoms with Gasteiger partial charge in [0.25, 0.3) is 0 Å². The van der Waals surface area contributed by atoms with Crippen LogP contribution in [-0.4, -0.2) is 38.5 Å². The predicted octanol–water partition coefficient (Wildman–Crippen LogP) is 3.13. The molecular weight excluding hydrogens is 501 g/mol. The number of rotatable bonds is 7. The third kappa shape index (κ3) is 7.85. The van der Waals surface area contributed by atoms with Gasteiger partial charge in [-0.3, -0.25) is 0 Å². The minimum atomic E-state index is -2.91. The molecule has 0 aliphatic carbocycles. The van der Waals surface area contributed by atoms with Crippen LogP contribution in [-0.2, 0) is 23.0 Å². The lowest BCUT2D eigenvalue weighted by atomic mass is 10.2. The van der Waals surface area contributed by atoms with E-state index in [1.54, 1.807) is 0 Å². The summed E-state index contributed by atoms with van der Waals surface area (Å²) in [5.74, 6) is 1.88. The van der Waals surface area contributed by atoms with Gasteiger partial charge in [-0.05, 0) is 36.6 Å². The van der Waals surface area contributed by atoms with E-state index in [1.807, 2.05) is 61.5 Å². The second-order valence-electron chi connectivity index (χ2n) is 6.86. The molecule has 1 fully saturated rings. The predicted molar refractivity (Wildman–Crippen MR) is 128 cm³/mol. The van der Waals surface area contributed by atoms with E-state index in [2.05, 4.69) is 15.6 Å². The summed E-state index contributed by atoms with van der Waals surface area (Å²) in [5, 5.41) is 6.40. The molecule has 1 aliphatic heterocycles. The van der Waals surface area contributed by atoms with Crippen molar-refractivity contribution >= 4 is 39.8 Å². The van der Waals surface area contributed by atoms with E-state index in [0.717, 1.165) is 23.4 Å². The molecule has 8 heteroatoms. The van der Waals surface area contributed by atoms with E-state index in [-0.39, 0.29) is 41.5 Å². The van der Waals surface area contributed by atoms with Crippen molar-refractivity contribution in [1.29, 1.82) is 0 Å². The molecule has 1 heterocycles. The third-order valence-corrected chi connectivity index (χ3v) is 6.28. The Hall–Kier alpha value is -1.81. The van der Waals surface area contributed by atoms with E-state index in [0.29, 0.717) is 25.5 Å². The number of nitrogens with one attached hydrogen (secondary N) is 2. The molecule has 1 unspecified atom stereocenters. The second-order valence-corrected chi connectivity index (χ2v) is 9.09. The van der Waals surface area contributed by atoms with E-state index in [9.17, 15) is 8.42 Å². The van der Waals surface area contributed by atoms with Gasteiger partial charge in [-0.15, -0.1) is 24.0 Å². The molecule has 6 nitrogen and oxygen atoms in total. The summed E-state index contributed by atoms with van der Waals surface area (Å²) in [4.78, 5) is 4.58. The molecule has 0 spiro atoms. The maximum atomic E-state index is 11.6. The van der Waals surface area contributed by atoms with E-state index < -0.39 is 9.84 Å². The van der Waals surface area contributed by atoms with Crippen molar-refractivity contribution in [3.8, 4) is 5.75 Å². The number of benzene rings is 2. The van der Waals surface area contributed by atoms with Gasteiger partial charge in [0.2, 0.25) is 0 Å². The van der Waals surface area contributed by atoms with Gasteiger partial charge < -0.3 is 15.4 Å². The van der Waals surface area contributed by atoms with Crippen LogP contribution in [0.25, 0.3) is 0 Å². The Morgan fingerprint density at radius 1 is 1.10 bits per heavy atom. The fraction of sp³-hybridized carbons (Fsp3) is 0.381. The molecule has 2 aromatic rings. The lowest BCUT2D eigenvalue weighted by molar-refractivity contribution is 0.306. The monoisotopic (exact) mass is 529 g/mol. The number of aliphatic imine (C=N–C) groups is 1. The molecule has 1 atom stereocenters. The zero-order chi connectivity index (χ0) is 19.8. The molecule has 1 aliphatic rings. The van der Waals surface area contributed by atoms with Crippen molar-refractivity contribution in [2.24, 2.45) is 4.99 Å². The highest BCUT2D eigenvalue weighted by molar-refractivity contribution is 14.0. The summed E-state index contributed by atoms with van der Waals surface area (Å²) >= 11 is 0. The van der Waals surface area contributed by atoms with Crippen molar-refractivity contribution in [3.63, 3.8) is 0 Å². The molecule has 158 valence electrons. The molecule has 0 amide bonds. The average molecular weight is 529 g/mol. The molecule has 29 heavy (non-hydrogen) atoms. The van der Waals surface area contributed by atoms with Crippen LogP contribution in [0.2, 0.25) is 0 Å². The summed E-state index contributed by atoms with van der Waals surface area (Å²) in [6.07, 6.45) is 0.625. The first kappa shape index (κ1) is 23.5. The quantitative estimate of drug-likeness (QED) is 0.328. The van der Waals surface area contributed by atoms with Crippen molar-refractivity contribution in [1.82, 2.24) is 10.6 Å². The Balaban J connectivity index is 0.00000300. The van der Waals surface area contributed by atoms with Gasteiger partial charge in [-0.2, -0.15) is 0 Å². The molecule has 0 saturated carbocycles. The normalized spacial score (nSPS) is 18.0. The van der Waals surface area contributed by atoms with Crippen molar-refractivity contribution in [3.05, 3.63) is 65.7 Å². The van der Waals surface area contributed by atoms with Crippen molar-refractivity contribution in [2.75, 3.05) is 18.1 Å². The van der Waals surface area contributed by atoms with Crippen LogP contribution >= 0.6 is 24.0 Å². The van der Waals surface area contributed by atoms with Gasteiger partial charge in [0.15, 0.2) is 15.8 Å². The molecular formula is C21H28IN3O3S. The van der Waals surface area contributed by atoms with Crippen LogP contribution in [0.15, 0.2) is 59.6 Å². The summed E-state index contributed by atoms with van der Waals surface area (Å²) in [6, 6.07) is 17.9. The molecule has 3 rings (SSSR count). The number of hydrogen-bond acceptors (Lipinski definition) is 4. The summed E-state index contributed by atoms with van der Waals surface area (Å²) in [6.45, 7) is 3.75. The van der Waals surface area contributed by atoms with Crippen LogP contribution in [0.3, 0.4) is 0 Å². The number of halogens is 1. The molecule has 2 N–H and O–H groups in total. The summed E-state index contributed by atoms with van der Waals surface area (Å²) in [7, 11) is -2.91. The fourth-order valence-corrected chi connectivity index (χ4v) is 4.70. The number of sulfone groups is 1. The van der Waals surface area contributed by atoms with Gasteiger partial charge in [-0.25, -0.2) is 13.4 Å². The molecule has 0 radical (unpaired) electrons. The third-order valence-electron chi connectivity index (χ3n) is 4.51. The molecule has 1 saturated heterocycles. The number of nitrogens with zero attached hydrogens (tertiary/aromatic N) is 1. The van der Waals surface area contributed by atoms with E-state index in [1.165, 1.54) is 0 Å². The molecule has 0 aromatic heterocycles. The molecule has 2 aromatic carbocycles. The van der Waals surface area contributed by atoms with Crippen LogP contribution in [0, 0.1) is 0 Å². The Morgan fingerprint density at radius 3 is 2.45 bits per heavy atom. The zero-order valence-corrected chi connectivity index (χ0v) is 19.7. The Bertz CT molecular complexity index is 887. The summed E-state index contributed by atoms with van der Waals surface area (Å²) in [5.41, 5.74) is 2.19. The minimum absolute atomic E-state index is 0. The highest BCUT2D eigenvalue weighted by atomic mass is 127. The van der Waals surface area contributed by atoms with Gasteiger partial charge in [0.05, 0.1) is 18.1 Å². The standard InChI is InChI=1S/C21H27N3O3S.HI/c1-2-22-21(24-19-12-13-28(25,26)16-19)23-14-17-8-10-20(11-9-17)27-15-18-6-4-3-5-7-18;/h3-11,19H,2,12-16H2,1H3,(H2,22,23,24);1H. The number of ether oxygens (including phenoxy) is 1. The van der Waals surface area contributed by atoms with Crippen molar-refractivity contribution < 1.29 is 13.2 Å². The first-order chi connectivity index (χ1) is 13.5. The van der Waals surface area contributed by atoms with Gasteiger partial charge in [-0.1, -0.05) is 42.5 Å². The van der Waals surface area contributed by atoms with Crippen molar-refractivity contribution in [2.45, 2.75) is 32.5 Å². The first-order valence-electron chi connectivity index (χ1n) is 9.55. The summed E-state index contributed by atoms with van der Waals surface area (Å²) < 4.78 is 29.0.